The lowest BCUT2D eigenvalue weighted by Gasteiger charge is -2.26. The zero-order valence-corrected chi connectivity index (χ0v) is 13.5. The molecule has 2 aliphatic heterocycles. The lowest BCUT2D eigenvalue weighted by molar-refractivity contribution is -0.986. The number of amidine groups is 1. The van der Waals surface area contributed by atoms with Crippen molar-refractivity contribution in [2.24, 2.45) is 4.99 Å². The van der Waals surface area contributed by atoms with Crippen molar-refractivity contribution in [2.45, 2.75) is 20.4 Å². The average molecular weight is 325 g/mol. The number of rotatable bonds is 2. The number of aromatic nitrogens is 2. The summed E-state index contributed by atoms with van der Waals surface area (Å²) in [7, 11) is 0. The monoisotopic (exact) mass is 325 g/mol. The van der Waals surface area contributed by atoms with Gasteiger partial charge in [0.15, 0.2) is 12.7 Å². The summed E-state index contributed by atoms with van der Waals surface area (Å²) in [5, 5.41) is 0. The summed E-state index contributed by atoms with van der Waals surface area (Å²) in [5.74, 6) is 0.658. The van der Waals surface area contributed by atoms with E-state index in [9.17, 15) is 4.79 Å². The zero-order valence-electron chi connectivity index (χ0n) is 13.5. The Morgan fingerprint density at radius 3 is 3.12 bits per heavy atom. The molecular weight excluding hydrogens is 308 g/mol. The van der Waals surface area contributed by atoms with Crippen molar-refractivity contribution in [1.82, 2.24) is 9.55 Å². The third-order valence-electron chi connectivity index (χ3n) is 4.19. The number of carbonyl (C=O) groups excluding carboxylic acids is 1. The minimum absolute atomic E-state index is 0.166. The van der Waals surface area contributed by atoms with E-state index >= 15 is 0 Å². The van der Waals surface area contributed by atoms with Crippen molar-refractivity contribution in [2.75, 3.05) is 6.61 Å². The van der Waals surface area contributed by atoms with E-state index in [1.807, 2.05) is 29.7 Å². The average Bonchev–Trinajstić information content (AvgIpc) is 3.13. The van der Waals surface area contributed by atoms with Gasteiger partial charge in [-0.1, -0.05) is 12.1 Å². The first-order valence-electron chi connectivity index (χ1n) is 7.76. The van der Waals surface area contributed by atoms with Crippen molar-refractivity contribution >= 4 is 12.0 Å². The molecule has 122 valence electrons. The number of aliphatic imine (C=N–C) groups is 1. The summed E-state index contributed by atoms with van der Waals surface area (Å²) >= 11 is 0. The molecular formula is C17H17N4O3+. The quantitative estimate of drug-likeness (QED) is 0.629. The van der Waals surface area contributed by atoms with Crippen LogP contribution < -0.4 is 0 Å². The Kier molecular flexibility index (Phi) is 3.24. The number of hydrogen-bond acceptors (Lipinski definition) is 5. The van der Waals surface area contributed by atoms with Gasteiger partial charge in [0.2, 0.25) is 0 Å². The van der Waals surface area contributed by atoms with Gasteiger partial charge in [0, 0.05) is 0 Å². The molecule has 0 amide bonds. The molecule has 1 aromatic carbocycles. The van der Waals surface area contributed by atoms with E-state index in [1.54, 1.807) is 31.8 Å². The lowest BCUT2D eigenvalue weighted by atomic mass is 10.1. The number of imidazole rings is 1. The first-order valence-corrected chi connectivity index (χ1v) is 7.76. The molecule has 0 bridgehead atoms. The Labute approximate surface area is 139 Å². The second-order valence-electron chi connectivity index (χ2n) is 5.70. The number of nitrogens with zero attached hydrogens (tertiary/aromatic N) is 4. The molecule has 0 fully saturated rings. The van der Waals surface area contributed by atoms with E-state index in [0.717, 1.165) is 22.5 Å². The van der Waals surface area contributed by atoms with Gasteiger partial charge >= 0.3 is 6.16 Å². The molecule has 4 rings (SSSR count). The summed E-state index contributed by atoms with van der Waals surface area (Å²) in [5.41, 5.74) is 3.92. The number of aryl methyl sites for hydroxylation is 1. The molecule has 1 atom stereocenters. The lowest BCUT2D eigenvalue weighted by Crippen LogP contribution is -2.47. The Morgan fingerprint density at radius 2 is 2.29 bits per heavy atom. The van der Waals surface area contributed by atoms with Gasteiger partial charge in [-0.2, -0.15) is 9.79 Å². The number of benzene rings is 1. The molecule has 1 unspecified atom stereocenters. The van der Waals surface area contributed by atoms with E-state index < -0.39 is 6.16 Å². The fourth-order valence-electron chi connectivity index (χ4n) is 3.20. The van der Waals surface area contributed by atoms with Crippen LogP contribution in [0.3, 0.4) is 0 Å². The van der Waals surface area contributed by atoms with Crippen LogP contribution in [0.1, 0.15) is 23.7 Å². The first-order chi connectivity index (χ1) is 11.6. The second-order valence-corrected chi connectivity index (χ2v) is 5.70. The van der Waals surface area contributed by atoms with Crippen LogP contribution >= 0.6 is 0 Å². The number of carbonyl (C=O) groups is 1. The number of hydroxylamine groups is 3. The van der Waals surface area contributed by atoms with Crippen LogP contribution in [0.25, 0.3) is 5.69 Å². The number of hydrogen-bond donors (Lipinski definition) is 0. The number of fused-ring (bicyclic) bond motifs is 5. The number of para-hydroxylation sites is 1. The van der Waals surface area contributed by atoms with Crippen molar-refractivity contribution in [3.8, 4) is 5.69 Å². The number of quaternary nitrogens is 1. The zero-order chi connectivity index (χ0) is 16.7. The molecule has 7 nitrogen and oxygen atoms in total. The van der Waals surface area contributed by atoms with Crippen molar-refractivity contribution < 1.29 is 19.0 Å². The highest BCUT2D eigenvalue weighted by Crippen LogP contribution is 2.35. The molecule has 24 heavy (non-hydrogen) atoms. The highest BCUT2D eigenvalue weighted by atomic mass is 16.8. The molecule has 7 heteroatoms. The molecule has 0 spiro atoms. The van der Waals surface area contributed by atoms with E-state index in [-0.39, 0.29) is 11.3 Å². The molecule has 0 aliphatic carbocycles. The minimum atomic E-state index is -0.723. The third-order valence-corrected chi connectivity index (χ3v) is 4.19. The van der Waals surface area contributed by atoms with Crippen LogP contribution in [0.2, 0.25) is 0 Å². The molecule has 2 aliphatic rings. The largest absolute Gasteiger partial charge is 0.560 e. The number of ether oxygens (including phenoxy) is 1. The fraction of sp³-hybridized carbons (Fsp3) is 0.235. The van der Waals surface area contributed by atoms with Crippen LogP contribution in [0.4, 0.5) is 4.79 Å². The smallest absolute Gasteiger partial charge is 0.431 e. The molecule has 0 saturated heterocycles. The minimum Gasteiger partial charge on any atom is -0.431 e. The van der Waals surface area contributed by atoms with Gasteiger partial charge < -0.3 is 4.74 Å². The second kappa shape index (κ2) is 5.31. The summed E-state index contributed by atoms with van der Waals surface area (Å²) < 4.78 is 6.84. The predicted molar refractivity (Wildman–Crippen MR) is 86.0 cm³/mol. The maximum Gasteiger partial charge on any atom is 0.560 e. The Balaban J connectivity index is 1.91. The standard InChI is InChI=1S/C17H17N4O3/c1-3-23-17(22)24-21-8-7-19-16(21)14-6-4-5-12(2)15(14)20-11-18-9-13(20)10-21/h4-9,11H,3,10H2,1-2H3/q+1. The SMILES string of the molecule is CCOC(=O)O[N+]12C=CN=C1c1cccc(C)c1-n1cncc1C2. The summed E-state index contributed by atoms with van der Waals surface area (Å²) in [6, 6.07) is 5.98. The van der Waals surface area contributed by atoms with Gasteiger partial charge in [-0.3, -0.25) is 4.57 Å². The molecule has 0 radical (unpaired) electrons. The predicted octanol–water partition coefficient (Wildman–Crippen LogP) is 2.83. The van der Waals surface area contributed by atoms with E-state index in [0.29, 0.717) is 12.4 Å². The van der Waals surface area contributed by atoms with Crippen LogP contribution in [0.5, 0.6) is 0 Å². The molecule has 2 aromatic rings. The van der Waals surface area contributed by atoms with Crippen LogP contribution in [0.15, 0.2) is 48.1 Å². The molecule has 1 aromatic heterocycles. The third kappa shape index (κ3) is 2.05. The van der Waals surface area contributed by atoms with Gasteiger partial charge in [-0.25, -0.2) is 9.82 Å². The van der Waals surface area contributed by atoms with Crippen molar-refractivity contribution in [3.63, 3.8) is 0 Å². The van der Waals surface area contributed by atoms with Crippen LogP contribution in [-0.2, 0) is 16.1 Å². The van der Waals surface area contributed by atoms with Gasteiger partial charge in [-0.05, 0) is 30.1 Å². The summed E-state index contributed by atoms with van der Waals surface area (Å²) in [4.78, 5) is 26.4. The highest BCUT2D eigenvalue weighted by Gasteiger charge is 2.47. The van der Waals surface area contributed by atoms with Gasteiger partial charge in [0.25, 0.3) is 5.84 Å². The molecule has 0 N–H and O–H groups in total. The van der Waals surface area contributed by atoms with Crippen molar-refractivity contribution in [1.29, 1.82) is 0 Å². The summed E-state index contributed by atoms with van der Waals surface area (Å²) in [6.45, 7) is 4.43. The molecule has 3 heterocycles. The van der Waals surface area contributed by atoms with Crippen LogP contribution in [-0.4, -0.2) is 32.8 Å². The normalized spacial score (nSPS) is 20.5. The van der Waals surface area contributed by atoms with E-state index in [1.165, 1.54) is 0 Å². The molecule has 0 saturated carbocycles. The summed E-state index contributed by atoms with van der Waals surface area (Å²) in [6.07, 6.45) is 6.24. The highest BCUT2D eigenvalue weighted by molar-refractivity contribution is 5.99. The van der Waals surface area contributed by atoms with Gasteiger partial charge in [0.05, 0.1) is 36.6 Å². The fourth-order valence-corrected chi connectivity index (χ4v) is 3.20. The maximum atomic E-state index is 12.0. The van der Waals surface area contributed by atoms with Gasteiger partial charge in [0.1, 0.15) is 5.69 Å². The Bertz CT molecular complexity index is 884. The maximum absolute atomic E-state index is 12.0. The topological polar surface area (TPSA) is 65.7 Å². The van der Waals surface area contributed by atoms with Crippen LogP contribution in [0, 0.1) is 6.92 Å². The van der Waals surface area contributed by atoms with Crippen molar-refractivity contribution in [3.05, 3.63) is 59.9 Å². The Morgan fingerprint density at radius 1 is 1.42 bits per heavy atom. The Hall–Kier alpha value is -2.93. The van der Waals surface area contributed by atoms with Gasteiger partial charge in [-0.15, -0.1) is 0 Å². The first kappa shape index (κ1) is 14.6. The van der Waals surface area contributed by atoms with E-state index in [2.05, 4.69) is 9.98 Å². The van der Waals surface area contributed by atoms with E-state index in [4.69, 9.17) is 9.57 Å².